The fourth-order valence-electron chi connectivity index (χ4n) is 3.83. The van der Waals surface area contributed by atoms with E-state index in [1.807, 2.05) is 0 Å². The fourth-order valence-corrected chi connectivity index (χ4v) is 3.83. The molecule has 1 amide bonds. The average molecular weight is 507 g/mol. The Hall–Kier alpha value is -3.67. The van der Waals surface area contributed by atoms with Crippen molar-refractivity contribution in [2.75, 3.05) is 18.4 Å². The number of anilines is 1. The maximum absolute atomic E-state index is 14.5. The number of amides is 1. The second-order valence-electron chi connectivity index (χ2n) is 8.30. The number of pyridine rings is 2. The molecule has 0 radical (unpaired) electrons. The van der Waals surface area contributed by atoms with Gasteiger partial charge in [0.25, 0.3) is 5.91 Å². The van der Waals surface area contributed by atoms with Crippen LogP contribution in [0.15, 0.2) is 42.9 Å². The molecular formula is C24H24F4N6O2. The Morgan fingerprint density at radius 3 is 2.64 bits per heavy atom. The standard InChI is InChI=1S/C24H24F4N6O2/c1-13-5-6-17(21-29-7-4-8-30-21)20(33-13)23(35)34-12-14(2)36-15(3)19(34)11-32-22-18(25)9-16(10-31-22)24(26,27)28/h4-10,14-15,19H,11-12H2,1-3H3,(H,31,32)/t14-,15+,19-/m1/s1/i11D2. The molecule has 190 valence electrons. The van der Waals surface area contributed by atoms with Crippen LogP contribution in [0.3, 0.4) is 0 Å². The lowest BCUT2D eigenvalue weighted by molar-refractivity contribution is -0.138. The van der Waals surface area contributed by atoms with Crippen LogP contribution in [0.1, 0.15) is 38.3 Å². The van der Waals surface area contributed by atoms with Crippen molar-refractivity contribution in [2.45, 2.75) is 45.2 Å². The molecule has 0 spiro atoms. The van der Waals surface area contributed by atoms with Crippen LogP contribution in [-0.2, 0) is 10.9 Å². The maximum Gasteiger partial charge on any atom is 0.417 e. The molecule has 1 saturated heterocycles. The lowest BCUT2D eigenvalue weighted by Gasteiger charge is -2.43. The number of hydrogen-bond acceptors (Lipinski definition) is 7. The first-order chi connectivity index (χ1) is 17.8. The topological polar surface area (TPSA) is 93.1 Å². The van der Waals surface area contributed by atoms with E-state index in [-0.39, 0.29) is 24.1 Å². The number of rotatable bonds is 5. The number of ether oxygens (including phenoxy) is 1. The Kier molecular flexibility index (Phi) is 6.41. The molecule has 3 atom stereocenters. The van der Waals surface area contributed by atoms with Crippen LogP contribution >= 0.6 is 0 Å². The molecule has 1 aliphatic rings. The van der Waals surface area contributed by atoms with Gasteiger partial charge in [-0.25, -0.2) is 24.3 Å². The lowest BCUT2D eigenvalue weighted by atomic mass is 10.0. The molecule has 0 saturated carbocycles. The quantitative estimate of drug-likeness (QED) is 0.520. The monoisotopic (exact) mass is 506 g/mol. The highest BCUT2D eigenvalue weighted by Gasteiger charge is 2.38. The lowest BCUT2D eigenvalue weighted by Crippen LogP contribution is -2.58. The summed E-state index contributed by atoms with van der Waals surface area (Å²) in [4.78, 5) is 31.3. The minimum Gasteiger partial charge on any atom is -0.372 e. The van der Waals surface area contributed by atoms with E-state index in [9.17, 15) is 22.4 Å². The summed E-state index contributed by atoms with van der Waals surface area (Å²) in [7, 11) is 0. The van der Waals surface area contributed by atoms with Crippen molar-refractivity contribution >= 4 is 11.7 Å². The molecule has 0 bridgehead atoms. The number of carbonyl (C=O) groups excluding carboxylic acids is 1. The van der Waals surface area contributed by atoms with Crippen LogP contribution < -0.4 is 5.32 Å². The predicted molar refractivity (Wildman–Crippen MR) is 123 cm³/mol. The Bertz CT molecular complexity index is 1330. The molecule has 0 unspecified atom stereocenters. The summed E-state index contributed by atoms with van der Waals surface area (Å²) >= 11 is 0. The number of hydrogen-bond donors (Lipinski definition) is 1. The number of carbonyl (C=O) groups is 1. The summed E-state index contributed by atoms with van der Waals surface area (Å²) in [5.74, 6) is -2.54. The van der Waals surface area contributed by atoms with Gasteiger partial charge >= 0.3 is 6.18 Å². The first-order valence-electron chi connectivity index (χ1n) is 12.0. The van der Waals surface area contributed by atoms with E-state index in [4.69, 9.17) is 7.48 Å². The van der Waals surface area contributed by atoms with E-state index in [0.717, 1.165) is 0 Å². The van der Waals surface area contributed by atoms with Crippen molar-refractivity contribution in [2.24, 2.45) is 0 Å². The summed E-state index contributed by atoms with van der Waals surface area (Å²) in [5, 5.41) is 2.24. The molecule has 3 aromatic rings. The van der Waals surface area contributed by atoms with Crippen molar-refractivity contribution in [3.63, 3.8) is 0 Å². The summed E-state index contributed by atoms with van der Waals surface area (Å²) in [5.41, 5.74) is -0.480. The third kappa shape index (κ3) is 5.43. The highest BCUT2D eigenvalue weighted by atomic mass is 19.4. The largest absolute Gasteiger partial charge is 0.417 e. The van der Waals surface area contributed by atoms with Gasteiger partial charge in [-0.05, 0) is 45.0 Å². The van der Waals surface area contributed by atoms with Gasteiger partial charge in [0.1, 0.15) is 5.69 Å². The predicted octanol–water partition coefficient (Wildman–Crippen LogP) is 4.13. The van der Waals surface area contributed by atoms with Gasteiger partial charge in [-0.2, -0.15) is 13.2 Å². The van der Waals surface area contributed by atoms with Gasteiger partial charge < -0.3 is 15.0 Å². The molecule has 8 nitrogen and oxygen atoms in total. The second kappa shape index (κ2) is 10.1. The van der Waals surface area contributed by atoms with Crippen molar-refractivity contribution < 1.29 is 29.8 Å². The first-order valence-corrected chi connectivity index (χ1v) is 11.0. The minimum absolute atomic E-state index is 0.0165. The van der Waals surface area contributed by atoms with Crippen LogP contribution in [0.4, 0.5) is 23.4 Å². The highest BCUT2D eigenvalue weighted by molar-refractivity contribution is 5.98. The molecule has 4 heterocycles. The van der Waals surface area contributed by atoms with E-state index in [1.54, 1.807) is 39.0 Å². The number of aryl methyl sites for hydroxylation is 1. The Labute approximate surface area is 207 Å². The molecule has 4 rings (SSSR count). The Morgan fingerprint density at radius 2 is 1.97 bits per heavy atom. The Balaban J connectivity index is 1.72. The number of morpholine rings is 1. The first kappa shape index (κ1) is 22.8. The van der Waals surface area contributed by atoms with Crippen molar-refractivity contribution in [1.29, 1.82) is 0 Å². The number of halogens is 4. The van der Waals surface area contributed by atoms with Gasteiger partial charge in [-0.3, -0.25) is 4.79 Å². The fraction of sp³-hybridized carbons (Fsp3) is 0.375. The minimum atomic E-state index is -4.82. The summed E-state index contributed by atoms with van der Waals surface area (Å²) in [6, 6.07) is 3.82. The van der Waals surface area contributed by atoms with E-state index < -0.39 is 54.0 Å². The summed E-state index contributed by atoms with van der Waals surface area (Å²) in [6.07, 6.45) is -2.79. The maximum atomic E-state index is 14.5. The SMILES string of the molecule is [2H]C([2H])(Nc1ncc(C(F)(F)F)cc1F)[C@@H]1[C@H](C)O[C@H](C)CN1C(=O)c1nc(C)ccc1-c1ncccn1. The van der Waals surface area contributed by atoms with Crippen LogP contribution in [0.5, 0.6) is 0 Å². The van der Waals surface area contributed by atoms with Crippen LogP contribution in [0.2, 0.25) is 0 Å². The van der Waals surface area contributed by atoms with E-state index in [1.165, 1.54) is 17.3 Å². The van der Waals surface area contributed by atoms with Crippen molar-refractivity contribution in [1.82, 2.24) is 24.8 Å². The average Bonchev–Trinajstić information content (AvgIpc) is 2.83. The van der Waals surface area contributed by atoms with Gasteiger partial charge in [-0.15, -0.1) is 0 Å². The van der Waals surface area contributed by atoms with Gasteiger partial charge in [0.05, 0.1) is 32.1 Å². The smallest absolute Gasteiger partial charge is 0.372 e. The van der Waals surface area contributed by atoms with E-state index in [0.29, 0.717) is 17.5 Å². The molecule has 36 heavy (non-hydrogen) atoms. The van der Waals surface area contributed by atoms with Gasteiger partial charge in [0.15, 0.2) is 17.5 Å². The van der Waals surface area contributed by atoms with Crippen molar-refractivity contribution in [3.05, 3.63) is 65.6 Å². The second-order valence-corrected chi connectivity index (χ2v) is 8.30. The number of alkyl halides is 3. The highest BCUT2D eigenvalue weighted by Crippen LogP contribution is 2.30. The molecule has 3 aromatic heterocycles. The normalized spacial score (nSPS) is 21.5. The third-order valence-electron chi connectivity index (χ3n) is 5.49. The van der Waals surface area contributed by atoms with Crippen molar-refractivity contribution in [3.8, 4) is 11.4 Å². The molecular weight excluding hydrogens is 480 g/mol. The third-order valence-corrected chi connectivity index (χ3v) is 5.49. The zero-order valence-corrected chi connectivity index (χ0v) is 19.5. The summed E-state index contributed by atoms with van der Waals surface area (Å²) < 4.78 is 76.4. The molecule has 0 aromatic carbocycles. The van der Waals surface area contributed by atoms with E-state index in [2.05, 4.69) is 25.3 Å². The van der Waals surface area contributed by atoms with Gasteiger partial charge in [0, 0.05) is 37.3 Å². The van der Waals surface area contributed by atoms with Crippen LogP contribution in [0.25, 0.3) is 11.4 Å². The van der Waals surface area contributed by atoms with Crippen LogP contribution in [-0.4, -0.2) is 62.0 Å². The number of aromatic nitrogens is 4. The Morgan fingerprint density at radius 1 is 1.25 bits per heavy atom. The number of nitrogens with zero attached hydrogens (tertiary/aromatic N) is 5. The van der Waals surface area contributed by atoms with Gasteiger partial charge in [0.2, 0.25) is 0 Å². The zero-order chi connectivity index (χ0) is 27.8. The molecule has 1 N–H and O–H groups in total. The molecule has 12 heteroatoms. The number of nitrogens with one attached hydrogen (secondary N) is 1. The summed E-state index contributed by atoms with van der Waals surface area (Å²) in [6.45, 7) is 2.31. The zero-order valence-electron chi connectivity index (χ0n) is 21.5. The van der Waals surface area contributed by atoms with Crippen LogP contribution in [0, 0.1) is 12.7 Å². The van der Waals surface area contributed by atoms with Gasteiger partial charge in [-0.1, -0.05) is 0 Å². The molecule has 1 aliphatic heterocycles. The molecule has 1 fully saturated rings. The van der Waals surface area contributed by atoms with E-state index >= 15 is 0 Å². The molecule has 0 aliphatic carbocycles.